The molecule has 4 atom stereocenters. The summed E-state index contributed by atoms with van der Waals surface area (Å²) in [6, 6.07) is 0. The van der Waals surface area contributed by atoms with Gasteiger partial charge in [0.05, 0.1) is 11.7 Å². The van der Waals surface area contributed by atoms with Gasteiger partial charge in [0.2, 0.25) is 0 Å². The largest absolute Gasteiger partial charge is 0.458 e. The van der Waals surface area contributed by atoms with Crippen LogP contribution < -0.4 is 0 Å². The lowest BCUT2D eigenvalue weighted by Crippen LogP contribution is -2.33. The first-order valence-corrected chi connectivity index (χ1v) is 8.74. The second-order valence-corrected chi connectivity index (χ2v) is 8.04. The average Bonchev–Trinajstić information content (AvgIpc) is 3.05. The molecule has 1 aliphatic heterocycles. The molecule has 0 aromatic rings. The van der Waals surface area contributed by atoms with Gasteiger partial charge in [-0.15, -0.1) is 0 Å². The maximum absolute atomic E-state index is 11.5. The normalized spacial score (nSPS) is 37.9. The lowest BCUT2D eigenvalue weighted by molar-refractivity contribution is -0.150. The summed E-state index contributed by atoms with van der Waals surface area (Å²) in [5.41, 5.74) is 0.582. The van der Waals surface area contributed by atoms with Crippen molar-refractivity contribution in [3.63, 3.8) is 0 Å². The van der Waals surface area contributed by atoms with E-state index in [4.69, 9.17) is 14.2 Å². The van der Waals surface area contributed by atoms with Crippen LogP contribution in [0.15, 0.2) is 11.6 Å². The van der Waals surface area contributed by atoms with Crippen molar-refractivity contribution in [1.29, 1.82) is 0 Å². The highest BCUT2D eigenvalue weighted by Crippen LogP contribution is 2.46. The Labute approximate surface area is 144 Å². The van der Waals surface area contributed by atoms with Crippen LogP contribution in [-0.2, 0) is 23.8 Å². The van der Waals surface area contributed by atoms with Crippen molar-refractivity contribution < 1.29 is 23.8 Å². The highest BCUT2D eigenvalue weighted by atomic mass is 16.6. The minimum absolute atomic E-state index is 0.110. The van der Waals surface area contributed by atoms with E-state index in [2.05, 4.69) is 20.8 Å². The summed E-state index contributed by atoms with van der Waals surface area (Å²) < 4.78 is 17.0. The number of carbonyl (C=O) groups is 2. The van der Waals surface area contributed by atoms with Crippen LogP contribution in [0.2, 0.25) is 0 Å². The van der Waals surface area contributed by atoms with Crippen LogP contribution in [0.3, 0.4) is 0 Å². The zero-order valence-corrected chi connectivity index (χ0v) is 15.7. The molecule has 0 aromatic carbocycles. The van der Waals surface area contributed by atoms with Gasteiger partial charge in [0.15, 0.2) is 0 Å². The minimum Gasteiger partial charge on any atom is -0.458 e. The molecule has 0 amide bonds. The number of ether oxygens (including phenoxy) is 3. The lowest BCUT2D eigenvalue weighted by atomic mass is 9.80. The smallest absolute Gasteiger partial charge is 0.303 e. The van der Waals surface area contributed by atoms with E-state index in [1.165, 1.54) is 13.8 Å². The fraction of sp³-hybridized carbons (Fsp3) is 0.789. The lowest BCUT2D eigenvalue weighted by Gasteiger charge is -2.33. The molecular formula is C19H30O5. The first-order valence-electron chi connectivity index (χ1n) is 8.74. The van der Waals surface area contributed by atoms with Crippen LogP contribution in [0.5, 0.6) is 0 Å². The molecule has 1 aliphatic carbocycles. The zero-order chi connectivity index (χ0) is 18.1. The molecule has 5 heteroatoms. The quantitative estimate of drug-likeness (QED) is 0.438. The van der Waals surface area contributed by atoms with E-state index in [1.54, 1.807) is 0 Å². The molecule has 0 saturated carbocycles. The van der Waals surface area contributed by atoms with E-state index < -0.39 is 0 Å². The highest BCUT2D eigenvalue weighted by molar-refractivity contribution is 5.67. The molecule has 0 aromatic heterocycles. The number of epoxide rings is 1. The van der Waals surface area contributed by atoms with Gasteiger partial charge >= 0.3 is 11.9 Å². The van der Waals surface area contributed by atoms with Gasteiger partial charge in [-0.05, 0) is 44.8 Å². The van der Waals surface area contributed by atoms with Gasteiger partial charge < -0.3 is 14.2 Å². The second kappa shape index (κ2) is 6.87. The van der Waals surface area contributed by atoms with Crippen molar-refractivity contribution in [2.45, 2.75) is 91.1 Å². The van der Waals surface area contributed by atoms with Crippen molar-refractivity contribution in [2.75, 3.05) is 0 Å². The van der Waals surface area contributed by atoms with Crippen molar-refractivity contribution in [3.8, 4) is 0 Å². The number of hydrogen-bond donors (Lipinski definition) is 0. The van der Waals surface area contributed by atoms with Crippen LogP contribution in [-0.4, -0.2) is 35.9 Å². The molecule has 0 radical (unpaired) electrons. The molecule has 24 heavy (non-hydrogen) atoms. The number of hydrogen-bond acceptors (Lipinski definition) is 5. The van der Waals surface area contributed by atoms with Gasteiger partial charge in [-0.3, -0.25) is 9.59 Å². The summed E-state index contributed by atoms with van der Waals surface area (Å²) in [5, 5.41) is 0. The average molecular weight is 338 g/mol. The number of carbonyl (C=O) groups excluding carboxylic acids is 2. The third kappa shape index (κ3) is 4.59. The molecule has 0 bridgehead atoms. The number of rotatable bonds is 2. The van der Waals surface area contributed by atoms with Crippen molar-refractivity contribution >= 4 is 11.9 Å². The molecule has 136 valence electrons. The maximum Gasteiger partial charge on any atom is 0.303 e. The van der Waals surface area contributed by atoms with Crippen LogP contribution >= 0.6 is 0 Å². The van der Waals surface area contributed by atoms with Crippen LogP contribution in [0.25, 0.3) is 0 Å². The predicted molar refractivity (Wildman–Crippen MR) is 90.4 cm³/mol. The van der Waals surface area contributed by atoms with E-state index in [9.17, 15) is 9.59 Å². The van der Waals surface area contributed by atoms with Gasteiger partial charge in [0, 0.05) is 25.7 Å². The molecule has 0 N–H and O–H groups in total. The van der Waals surface area contributed by atoms with E-state index in [0.717, 1.165) is 24.8 Å². The van der Waals surface area contributed by atoms with Crippen LogP contribution in [0, 0.1) is 5.41 Å². The molecule has 5 nitrogen and oxygen atoms in total. The Hall–Kier alpha value is -1.36. The van der Waals surface area contributed by atoms with Gasteiger partial charge in [-0.25, -0.2) is 0 Å². The molecule has 1 saturated heterocycles. The topological polar surface area (TPSA) is 65.1 Å². The Kier molecular flexibility index (Phi) is 5.43. The predicted octanol–water partition coefficient (Wildman–Crippen LogP) is 3.55. The molecule has 2 aliphatic rings. The van der Waals surface area contributed by atoms with Crippen LogP contribution in [0.1, 0.15) is 67.2 Å². The minimum atomic E-state index is -0.346. The molecule has 4 unspecified atom stereocenters. The molecular weight excluding hydrogens is 308 g/mol. The summed E-state index contributed by atoms with van der Waals surface area (Å²) in [6.07, 6.45) is 4.91. The first-order chi connectivity index (χ1) is 11.0. The Morgan fingerprint density at radius 3 is 2.33 bits per heavy atom. The summed E-state index contributed by atoms with van der Waals surface area (Å²) >= 11 is 0. The third-order valence-electron chi connectivity index (χ3n) is 5.25. The fourth-order valence-electron chi connectivity index (χ4n) is 3.51. The summed E-state index contributed by atoms with van der Waals surface area (Å²) in [4.78, 5) is 23.0. The fourth-order valence-corrected chi connectivity index (χ4v) is 3.51. The summed E-state index contributed by atoms with van der Waals surface area (Å²) in [6.45, 7) is 11.1. The van der Waals surface area contributed by atoms with E-state index >= 15 is 0 Å². The summed E-state index contributed by atoms with van der Waals surface area (Å²) in [5.74, 6) is -0.609. The van der Waals surface area contributed by atoms with E-state index in [0.29, 0.717) is 6.42 Å². The van der Waals surface area contributed by atoms with Crippen molar-refractivity contribution in [3.05, 3.63) is 11.6 Å². The SMILES string of the molecule is CC(=O)OC1CC2OC2(C)CCCC(C)(C)C(OC(C)=O)/C=C/1C. The standard InChI is InChI=1S/C19H30O5/c1-12-10-16(23-14(3)21)18(4,5)8-7-9-19(6)17(24-19)11-15(12)22-13(2)20/h10,15-17H,7-9,11H2,1-6H3/b12-10+. The highest BCUT2D eigenvalue weighted by Gasteiger charge is 2.53. The van der Waals surface area contributed by atoms with Crippen molar-refractivity contribution in [2.24, 2.45) is 5.41 Å². The Balaban J connectivity index is 2.32. The number of fused-ring (bicyclic) bond motifs is 1. The van der Waals surface area contributed by atoms with Gasteiger partial charge in [0.25, 0.3) is 0 Å². The van der Waals surface area contributed by atoms with Crippen molar-refractivity contribution in [1.82, 2.24) is 0 Å². The third-order valence-corrected chi connectivity index (χ3v) is 5.25. The molecule has 1 fully saturated rings. The second-order valence-electron chi connectivity index (χ2n) is 8.04. The van der Waals surface area contributed by atoms with E-state index in [-0.39, 0.29) is 41.3 Å². The van der Waals surface area contributed by atoms with E-state index in [1.807, 2.05) is 13.0 Å². The Morgan fingerprint density at radius 2 is 1.75 bits per heavy atom. The number of esters is 2. The molecule has 1 heterocycles. The Bertz CT molecular complexity index is 536. The monoisotopic (exact) mass is 338 g/mol. The van der Waals surface area contributed by atoms with Gasteiger partial charge in [-0.2, -0.15) is 0 Å². The summed E-state index contributed by atoms with van der Waals surface area (Å²) in [7, 11) is 0. The Morgan fingerprint density at radius 1 is 1.12 bits per heavy atom. The van der Waals surface area contributed by atoms with Gasteiger partial charge in [-0.1, -0.05) is 13.8 Å². The zero-order valence-electron chi connectivity index (χ0n) is 15.7. The molecule has 0 spiro atoms. The van der Waals surface area contributed by atoms with Crippen LogP contribution in [0.4, 0.5) is 0 Å². The first kappa shape index (κ1) is 19.0. The maximum atomic E-state index is 11.5. The van der Waals surface area contributed by atoms with Gasteiger partial charge in [0.1, 0.15) is 12.2 Å². The molecule has 2 rings (SSSR count).